The van der Waals surface area contributed by atoms with Crippen molar-refractivity contribution in [2.75, 3.05) is 0 Å². The Morgan fingerprint density at radius 1 is 1.06 bits per heavy atom. The van der Waals surface area contributed by atoms with Crippen molar-refractivity contribution in [3.63, 3.8) is 0 Å². The van der Waals surface area contributed by atoms with Crippen LogP contribution >= 0.6 is 15.9 Å². The molecule has 1 N–H and O–H groups in total. The van der Waals surface area contributed by atoms with E-state index in [9.17, 15) is 9.90 Å². The molecule has 4 aromatic heterocycles. The number of benzene rings is 1. The van der Waals surface area contributed by atoms with Crippen molar-refractivity contribution in [3.8, 4) is 22.8 Å². The number of fused-ring (bicyclic) bond motifs is 1. The molecule has 0 aliphatic rings. The topological polar surface area (TPSA) is 93.2 Å². The number of carboxylic acids is 1. The number of nitrogens with zero attached hydrogens (tertiary/aromatic N) is 3. The predicted molar refractivity (Wildman–Crippen MR) is 119 cm³/mol. The minimum absolute atomic E-state index is 0.173. The fourth-order valence-electron chi connectivity index (χ4n) is 3.28. The molecule has 0 aliphatic carbocycles. The van der Waals surface area contributed by atoms with E-state index in [2.05, 4.69) is 25.9 Å². The number of halogens is 1. The molecule has 0 bridgehead atoms. The first-order valence-corrected chi connectivity index (χ1v) is 10.1. The van der Waals surface area contributed by atoms with Crippen LogP contribution in [0.5, 0.6) is 0 Å². The Balaban J connectivity index is 1.56. The molecular formula is C23H14BrN3O4. The van der Waals surface area contributed by atoms with Crippen molar-refractivity contribution in [1.29, 1.82) is 0 Å². The van der Waals surface area contributed by atoms with Crippen molar-refractivity contribution < 1.29 is 18.7 Å². The van der Waals surface area contributed by atoms with Gasteiger partial charge >= 0.3 is 5.97 Å². The lowest BCUT2D eigenvalue weighted by atomic mass is 10.1. The second-order valence-corrected chi connectivity index (χ2v) is 7.56. The SMILES string of the molecule is O=C(O)c1ccccc1-c1ccc(C=Nc2c(-c3ccco3)nc3ccc(Br)cn23)o1. The van der Waals surface area contributed by atoms with Gasteiger partial charge in [-0.25, -0.2) is 14.8 Å². The lowest BCUT2D eigenvalue weighted by molar-refractivity contribution is 0.0697. The Labute approximate surface area is 184 Å². The third kappa shape index (κ3) is 3.57. The lowest BCUT2D eigenvalue weighted by Crippen LogP contribution is -1.98. The van der Waals surface area contributed by atoms with Crippen LogP contribution < -0.4 is 0 Å². The zero-order valence-electron chi connectivity index (χ0n) is 15.9. The molecule has 1 aromatic carbocycles. The second kappa shape index (κ2) is 7.73. The average molecular weight is 476 g/mol. The van der Waals surface area contributed by atoms with Gasteiger partial charge in [-0.15, -0.1) is 0 Å². The van der Waals surface area contributed by atoms with Crippen molar-refractivity contribution in [1.82, 2.24) is 9.38 Å². The zero-order chi connectivity index (χ0) is 21.4. The van der Waals surface area contributed by atoms with E-state index in [-0.39, 0.29) is 5.56 Å². The van der Waals surface area contributed by atoms with Gasteiger partial charge in [0.05, 0.1) is 18.0 Å². The first kappa shape index (κ1) is 19.1. The van der Waals surface area contributed by atoms with Gasteiger partial charge in [0.1, 0.15) is 17.2 Å². The Bertz CT molecular complexity index is 1430. The van der Waals surface area contributed by atoms with Gasteiger partial charge in [-0.05, 0) is 58.4 Å². The molecular weight excluding hydrogens is 462 g/mol. The van der Waals surface area contributed by atoms with Gasteiger partial charge in [0.2, 0.25) is 0 Å². The quantitative estimate of drug-likeness (QED) is 0.311. The lowest BCUT2D eigenvalue weighted by Gasteiger charge is -2.02. The molecule has 5 rings (SSSR count). The number of aromatic carboxylic acids is 1. The van der Waals surface area contributed by atoms with Crippen molar-refractivity contribution in [2.24, 2.45) is 4.99 Å². The van der Waals surface area contributed by atoms with Crippen molar-refractivity contribution in [2.45, 2.75) is 0 Å². The van der Waals surface area contributed by atoms with Crippen LogP contribution in [-0.4, -0.2) is 26.7 Å². The highest BCUT2D eigenvalue weighted by Gasteiger charge is 2.17. The Morgan fingerprint density at radius 2 is 1.94 bits per heavy atom. The number of carboxylic acid groups (broad SMARTS) is 1. The molecule has 0 atom stereocenters. The van der Waals surface area contributed by atoms with E-state index in [1.54, 1.807) is 54.9 Å². The first-order chi connectivity index (χ1) is 15.1. The van der Waals surface area contributed by atoms with E-state index in [0.717, 1.165) is 10.1 Å². The Hall–Kier alpha value is -3.91. The first-order valence-electron chi connectivity index (χ1n) is 9.28. The number of pyridine rings is 1. The number of hydrogen-bond donors (Lipinski definition) is 1. The van der Waals surface area contributed by atoms with E-state index < -0.39 is 5.97 Å². The molecule has 152 valence electrons. The number of carbonyl (C=O) groups is 1. The van der Waals surface area contributed by atoms with Crippen LogP contribution in [0.15, 0.2) is 91.4 Å². The zero-order valence-corrected chi connectivity index (χ0v) is 17.5. The second-order valence-electron chi connectivity index (χ2n) is 6.65. The summed E-state index contributed by atoms with van der Waals surface area (Å²) >= 11 is 3.48. The Kier molecular flexibility index (Phi) is 4.76. The van der Waals surface area contributed by atoms with E-state index >= 15 is 0 Å². The number of rotatable bonds is 5. The Morgan fingerprint density at radius 3 is 2.74 bits per heavy atom. The summed E-state index contributed by atoms with van der Waals surface area (Å²) in [5.41, 5.74) is 2.00. The summed E-state index contributed by atoms with van der Waals surface area (Å²) in [4.78, 5) is 20.7. The van der Waals surface area contributed by atoms with Crippen LogP contribution in [0, 0.1) is 0 Å². The summed E-state index contributed by atoms with van der Waals surface area (Å²) in [5, 5.41) is 9.42. The highest BCUT2D eigenvalue weighted by atomic mass is 79.9. The van der Waals surface area contributed by atoms with Crippen LogP contribution in [-0.2, 0) is 0 Å². The van der Waals surface area contributed by atoms with Crippen LogP contribution in [0.4, 0.5) is 5.82 Å². The van der Waals surface area contributed by atoms with Gasteiger partial charge in [-0.3, -0.25) is 4.40 Å². The maximum absolute atomic E-state index is 11.5. The monoisotopic (exact) mass is 475 g/mol. The molecule has 0 radical (unpaired) electrons. The van der Waals surface area contributed by atoms with E-state index in [0.29, 0.717) is 34.4 Å². The molecule has 31 heavy (non-hydrogen) atoms. The molecule has 0 unspecified atom stereocenters. The summed E-state index contributed by atoms with van der Waals surface area (Å²) in [5.74, 6) is 1.09. The van der Waals surface area contributed by atoms with Gasteiger partial charge in [-0.1, -0.05) is 18.2 Å². The molecule has 0 saturated carbocycles. The van der Waals surface area contributed by atoms with Gasteiger partial charge in [0.25, 0.3) is 0 Å². The highest BCUT2D eigenvalue weighted by molar-refractivity contribution is 9.10. The van der Waals surface area contributed by atoms with E-state index in [4.69, 9.17) is 8.83 Å². The van der Waals surface area contributed by atoms with Crippen molar-refractivity contribution in [3.05, 3.63) is 88.9 Å². The molecule has 7 nitrogen and oxygen atoms in total. The molecule has 0 spiro atoms. The minimum atomic E-state index is -1.01. The maximum atomic E-state index is 11.5. The standard InChI is InChI=1S/C23H14BrN3O4/c24-14-7-10-20-26-21(19-6-3-11-30-19)22(27(20)13-14)25-12-15-8-9-18(31-15)16-4-1-2-5-17(16)23(28)29/h1-13H,(H,28,29). The third-order valence-corrected chi connectivity index (χ3v) is 5.14. The summed E-state index contributed by atoms with van der Waals surface area (Å²) in [7, 11) is 0. The highest BCUT2D eigenvalue weighted by Crippen LogP contribution is 2.32. The summed E-state index contributed by atoms with van der Waals surface area (Å²) in [6, 6.07) is 17.6. The van der Waals surface area contributed by atoms with E-state index in [1.165, 1.54) is 0 Å². The fraction of sp³-hybridized carbons (Fsp3) is 0. The molecule has 0 fully saturated rings. The molecule has 0 aliphatic heterocycles. The number of furan rings is 2. The van der Waals surface area contributed by atoms with Crippen LogP contribution in [0.25, 0.3) is 28.4 Å². The molecule has 8 heteroatoms. The van der Waals surface area contributed by atoms with Crippen LogP contribution in [0.2, 0.25) is 0 Å². The molecule has 4 heterocycles. The summed E-state index contributed by atoms with van der Waals surface area (Å²) < 4.78 is 14.1. The molecule has 0 saturated heterocycles. The van der Waals surface area contributed by atoms with Crippen molar-refractivity contribution >= 4 is 39.6 Å². The van der Waals surface area contributed by atoms with Gasteiger partial charge < -0.3 is 13.9 Å². The number of aliphatic imine (C=N–C) groups is 1. The number of imidazole rings is 1. The smallest absolute Gasteiger partial charge is 0.336 e. The summed E-state index contributed by atoms with van der Waals surface area (Å²) in [6.07, 6.45) is 5.03. The predicted octanol–water partition coefficient (Wildman–Crippen LogP) is 6.07. The normalized spacial score (nSPS) is 11.5. The number of hydrogen-bond acceptors (Lipinski definition) is 5. The van der Waals surface area contributed by atoms with Gasteiger partial charge in [0, 0.05) is 16.2 Å². The molecule has 0 amide bonds. The molecule has 5 aromatic rings. The maximum Gasteiger partial charge on any atom is 0.336 e. The van der Waals surface area contributed by atoms with Gasteiger partial charge in [-0.2, -0.15) is 0 Å². The average Bonchev–Trinajstić information content (AvgIpc) is 3.51. The van der Waals surface area contributed by atoms with Gasteiger partial charge in [0.15, 0.2) is 17.3 Å². The largest absolute Gasteiger partial charge is 0.478 e. The van der Waals surface area contributed by atoms with Crippen LogP contribution in [0.1, 0.15) is 16.1 Å². The third-order valence-electron chi connectivity index (χ3n) is 4.68. The number of aromatic nitrogens is 2. The van der Waals surface area contributed by atoms with E-state index in [1.807, 2.05) is 28.8 Å². The minimum Gasteiger partial charge on any atom is -0.478 e. The fourth-order valence-corrected chi connectivity index (χ4v) is 3.62. The summed E-state index contributed by atoms with van der Waals surface area (Å²) in [6.45, 7) is 0. The van der Waals surface area contributed by atoms with Crippen LogP contribution in [0.3, 0.4) is 0 Å².